The number of methoxy groups -OCH3 is 1. The summed E-state index contributed by atoms with van der Waals surface area (Å²) in [6, 6.07) is 14.4. The first-order chi connectivity index (χ1) is 15.5. The summed E-state index contributed by atoms with van der Waals surface area (Å²) in [7, 11) is 5.40. The minimum Gasteiger partial charge on any atom is -0.481 e. The number of anilines is 1. The van der Waals surface area contributed by atoms with E-state index in [1.807, 2.05) is 43.3 Å². The normalized spacial score (nSPS) is 15.3. The highest BCUT2D eigenvalue weighted by Crippen LogP contribution is 2.37. The van der Waals surface area contributed by atoms with Gasteiger partial charge in [-0.1, -0.05) is 18.2 Å². The first-order valence-electron chi connectivity index (χ1n) is 10.2. The summed E-state index contributed by atoms with van der Waals surface area (Å²) in [6.07, 6.45) is -0.770. The molecule has 3 aromatic rings. The summed E-state index contributed by atoms with van der Waals surface area (Å²) in [6.45, 7) is 1.05. The van der Waals surface area contributed by atoms with Gasteiger partial charge in [0.25, 0.3) is 5.91 Å². The molecule has 0 spiro atoms. The van der Waals surface area contributed by atoms with Gasteiger partial charge in [-0.15, -0.1) is 0 Å². The Hall–Kier alpha value is -3.56. The van der Waals surface area contributed by atoms with Crippen LogP contribution < -0.4 is 15.0 Å². The molecule has 1 unspecified atom stereocenters. The van der Waals surface area contributed by atoms with E-state index in [-0.39, 0.29) is 18.4 Å². The highest BCUT2D eigenvalue weighted by Gasteiger charge is 2.39. The van der Waals surface area contributed by atoms with Crippen LogP contribution in [0.25, 0.3) is 11.0 Å². The van der Waals surface area contributed by atoms with Crippen LogP contribution in [-0.4, -0.2) is 67.6 Å². The maximum absolute atomic E-state index is 13.2. The minimum atomic E-state index is -0.770. The van der Waals surface area contributed by atoms with Crippen molar-refractivity contribution in [1.29, 1.82) is 0 Å². The number of amides is 2. The zero-order valence-electron chi connectivity index (χ0n) is 18.2. The first kappa shape index (κ1) is 21.7. The molecule has 0 bridgehead atoms. The van der Waals surface area contributed by atoms with Gasteiger partial charge in [-0.25, -0.2) is 4.98 Å². The standard InChI is InChI=1S/C23H25N5O4/c1-27(2)13-12-24-19(29)14-32-23-17-7-5-4-6-16(17)22(30)28(23)18-10-8-15-9-11-20(31-3)26-21(15)25-18/h4-11,23H,12-14H2,1-3H3,(H,24,29). The van der Waals surface area contributed by atoms with E-state index in [2.05, 4.69) is 15.3 Å². The van der Waals surface area contributed by atoms with Gasteiger partial charge in [-0.05, 0) is 38.4 Å². The molecular formula is C23H25N5O4. The number of carbonyl (C=O) groups is 2. The molecule has 166 valence electrons. The molecule has 1 aliphatic heterocycles. The minimum absolute atomic E-state index is 0.185. The molecule has 0 saturated carbocycles. The van der Waals surface area contributed by atoms with Gasteiger partial charge >= 0.3 is 0 Å². The fraction of sp³-hybridized carbons (Fsp3) is 0.304. The lowest BCUT2D eigenvalue weighted by Gasteiger charge is -2.24. The van der Waals surface area contributed by atoms with Gasteiger partial charge in [0.1, 0.15) is 12.4 Å². The molecule has 0 aliphatic carbocycles. The van der Waals surface area contributed by atoms with Crippen molar-refractivity contribution in [2.75, 3.05) is 45.8 Å². The van der Waals surface area contributed by atoms with Crippen molar-refractivity contribution in [3.05, 3.63) is 59.7 Å². The lowest BCUT2D eigenvalue weighted by Crippen LogP contribution is -2.36. The maximum Gasteiger partial charge on any atom is 0.262 e. The van der Waals surface area contributed by atoms with Crippen LogP contribution in [0.2, 0.25) is 0 Å². The van der Waals surface area contributed by atoms with Crippen molar-refractivity contribution in [3.63, 3.8) is 0 Å². The van der Waals surface area contributed by atoms with Crippen molar-refractivity contribution in [2.24, 2.45) is 0 Å². The monoisotopic (exact) mass is 435 g/mol. The summed E-state index contributed by atoms with van der Waals surface area (Å²) >= 11 is 0. The average molecular weight is 435 g/mol. The topological polar surface area (TPSA) is 96.9 Å². The van der Waals surface area contributed by atoms with Crippen LogP contribution in [0.15, 0.2) is 48.5 Å². The molecule has 2 aromatic heterocycles. The van der Waals surface area contributed by atoms with Crippen molar-refractivity contribution in [2.45, 2.75) is 6.23 Å². The number of fused-ring (bicyclic) bond motifs is 2. The molecule has 0 radical (unpaired) electrons. The Morgan fingerprint density at radius 3 is 2.69 bits per heavy atom. The van der Waals surface area contributed by atoms with E-state index in [0.717, 1.165) is 11.9 Å². The summed E-state index contributed by atoms with van der Waals surface area (Å²) in [5, 5.41) is 3.63. The van der Waals surface area contributed by atoms with Crippen LogP contribution in [0.1, 0.15) is 22.1 Å². The molecule has 2 amide bonds. The number of ether oxygens (including phenoxy) is 2. The summed E-state index contributed by atoms with van der Waals surface area (Å²) in [5.74, 6) is 0.327. The van der Waals surface area contributed by atoms with E-state index in [1.165, 1.54) is 12.0 Å². The number of pyridine rings is 2. The molecule has 3 heterocycles. The highest BCUT2D eigenvalue weighted by molar-refractivity contribution is 6.10. The molecule has 0 saturated heterocycles. The maximum atomic E-state index is 13.2. The van der Waals surface area contributed by atoms with E-state index >= 15 is 0 Å². The molecule has 9 heteroatoms. The predicted octanol–water partition coefficient (Wildman–Crippen LogP) is 1.99. The molecule has 1 N–H and O–H groups in total. The molecule has 0 fully saturated rings. The number of rotatable bonds is 8. The lowest BCUT2D eigenvalue weighted by molar-refractivity contribution is -0.127. The Morgan fingerprint density at radius 2 is 1.91 bits per heavy atom. The number of nitrogens with one attached hydrogen (secondary N) is 1. The lowest BCUT2D eigenvalue weighted by atomic mass is 10.1. The first-order valence-corrected chi connectivity index (χ1v) is 10.2. The van der Waals surface area contributed by atoms with Gasteiger partial charge < -0.3 is 19.7 Å². The molecule has 9 nitrogen and oxygen atoms in total. The van der Waals surface area contributed by atoms with E-state index in [9.17, 15) is 9.59 Å². The number of carbonyl (C=O) groups excluding carboxylic acids is 2. The number of likely N-dealkylation sites (N-methyl/N-ethyl adjacent to an activating group) is 1. The quantitative estimate of drug-likeness (QED) is 0.578. The molecular weight excluding hydrogens is 410 g/mol. The Kier molecular flexibility index (Phi) is 6.29. The van der Waals surface area contributed by atoms with Crippen LogP contribution in [0.4, 0.5) is 5.82 Å². The van der Waals surface area contributed by atoms with Crippen molar-refractivity contribution in [3.8, 4) is 5.88 Å². The Bertz CT molecular complexity index is 1150. The molecule has 32 heavy (non-hydrogen) atoms. The second-order valence-corrected chi connectivity index (χ2v) is 7.65. The van der Waals surface area contributed by atoms with E-state index in [1.54, 1.807) is 24.3 Å². The van der Waals surface area contributed by atoms with Crippen LogP contribution in [0.5, 0.6) is 5.88 Å². The second kappa shape index (κ2) is 9.29. The zero-order valence-corrected chi connectivity index (χ0v) is 18.2. The number of hydrogen-bond acceptors (Lipinski definition) is 7. The van der Waals surface area contributed by atoms with E-state index < -0.39 is 6.23 Å². The van der Waals surface area contributed by atoms with Gasteiger partial charge in [-0.3, -0.25) is 14.5 Å². The Balaban J connectivity index is 1.60. The van der Waals surface area contributed by atoms with Crippen molar-refractivity contribution in [1.82, 2.24) is 20.2 Å². The zero-order chi connectivity index (χ0) is 22.7. The van der Waals surface area contributed by atoms with Crippen molar-refractivity contribution >= 4 is 28.7 Å². The molecule has 4 rings (SSSR count). The number of hydrogen-bond donors (Lipinski definition) is 1. The number of nitrogens with zero attached hydrogens (tertiary/aromatic N) is 4. The summed E-state index contributed by atoms with van der Waals surface area (Å²) in [5.41, 5.74) is 1.66. The van der Waals surface area contributed by atoms with E-state index in [4.69, 9.17) is 9.47 Å². The van der Waals surface area contributed by atoms with E-state index in [0.29, 0.717) is 35.0 Å². The van der Waals surface area contributed by atoms with Crippen LogP contribution in [0, 0.1) is 0 Å². The van der Waals surface area contributed by atoms with Crippen LogP contribution in [0.3, 0.4) is 0 Å². The Labute approximate surface area is 186 Å². The van der Waals surface area contributed by atoms with Gasteiger partial charge in [0.2, 0.25) is 11.8 Å². The highest BCUT2D eigenvalue weighted by atomic mass is 16.5. The third-order valence-electron chi connectivity index (χ3n) is 5.13. The largest absolute Gasteiger partial charge is 0.481 e. The number of aromatic nitrogens is 2. The summed E-state index contributed by atoms with van der Waals surface area (Å²) in [4.78, 5) is 37.9. The third-order valence-corrected chi connectivity index (χ3v) is 5.13. The van der Waals surface area contributed by atoms with Gasteiger partial charge in [0, 0.05) is 35.7 Å². The fourth-order valence-electron chi connectivity index (χ4n) is 3.51. The molecule has 1 aliphatic rings. The molecule has 1 aromatic carbocycles. The van der Waals surface area contributed by atoms with Gasteiger partial charge in [0.05, 0.1) is 7.11 Å². The SMILES string of the molecule is COc1ccc2ccc(N3C(=O)c4ccccc4C3OCC(=O)NCCN(C)C)nc2n1. The van der Waals surface area contributed by atoms with Crippen LogP contribution >= 0.6 is 0 Å². The van der Waals surface area contributed by atoms with Crippen LogP contribution in [-0.2, 0) is 9.53 Å². The smallest absolute Gasteiger partial charge is 0.262 e. The van der Waals surface area contributed by atoms with Crippen molar-refractivity contribution < 1.29 is 19.1 Å². The fourth-order valence-corrected chi connectivity index (χ4v) is 3.51. The summed E-state index contributed by atoms with van der Waals surface area (Å²) < 4.78 is 11.1. The van der Waals surface area contributed by atoms with Gasteiger partial charge in [0.15, 0.2) is 11.9 Å². The Morgan fingerprint density at radius 1 is 1.12 bits per heavy atom. The average Bonchev–Trinajstić information content (AvgIpc) is 3.08. The second-order valence-electron chi connectivity index (χ2n) is 7.65. The predicted molar refractivity (Wildman–Crippen MR) is 120 cm³/mol. The third kappa shape index (κ3) is 4.39. The van der Waals surface area contributed by atoms with Gasteiger partial charge in [-0.2, -0.15) is 4.98 Å². The number of benzene rings is 1. The molecule has 1 atom stereocenters.